The van der Waals surface area contributed by atoms with Gasteiger partial charge >= 0.3 is 5.97 Å². The van der Waals surface area contributed by atoms with Gasteiger partial charge in [-0.05, 0) is 31.0 Å². The average Bonchev–Trinajstić information content (AvgIpc) is 2.35. The molecule has 0 bridgehead atoms. The van der Waals surface area contributed by atoms with Crippen LogP contribution in [0.25, 0.3) is 5.57 Å². The van der Waals surface area contributed by atoms with E-state index in [1.165, 1.54) is 27.4 Å². The third-order valence-electron chi connectivity index (χ3n) is 2.58. The number of carbonyl (C=O) groups excluding carboxylic acids is 2. The summed E-state index contributed by atoms with van der Waals surface area (Å²) in [6.45, 7) is 3.33. The van der Waals surface area contributed by atoms with Crippen LogP contribution in [-0.4, -0.2) is 26.0 Å². The van der Waals surface area contributed by atoms with Crippen molar-refractivity contribution >= 4 is 17.3 Å². The van der Waals surface area contributed by atoms with Crippen molar-refractivity contribution < 1.29 is 19.1 Å². The van der Waals surface area contributed by atoms with E-state index in [-0.39, 0.29) is 5.78 Å². The maximum atomic E-state index is 11.7. The van der Waals surface area contributed by atoms with Gasteiger partial charge in [0.1, 0.15) is 5.57 Å². The first-order valence-corrected chi connectivity index (χ1v) is 5.44. The third-order valence-corrected chi connectivity index (χ3v) is 2.58. The molecule has 0 unspecified atom stereocenters. The zero-order valence-corrected chi connectivity index (χ0v) is 10.9. The second kappa shape index (κ2) is 6.00. The van der Waals surface area contributed by atoms with E-state index in [0.29, 0.717) is 16.7 Å². The van der Waals surface area contributed by atoms with E-state index in [1.807, 2.05) is 6.92 Å². The lowest BCUT2D eigenvalue weighted by Gasteiger charge is -2.10. The Kier molecular flexibility index (Phi) is 4.66. The summed E-state index contributed by atoms with van der Waals surface area (Å²) >= 11 is 0. The van der Waals surface area contributed by atoms with E-state index < -0.39 is 5.97 Å². The summed E-state index contributed by atoms with van der Waals surface area (Å²) in [6.07, 6.45) is 1.32. The minimum Gasteiger partial charge on any atom is -0.503 e. The summed E-state index contributed by atoms with van der Waals surface area (Å²) in [4.78, 5) is 23.0. The second-order valence-corrected chi connectivity index (χ2v) is 3.84. The quantitative estimate of drug-likeness (QED) is 0.355. The fourth-order valence-corrected chi connectivity index (χ4v) is 1.58. The first kappa shape index (κ1) is 14.0. The van der Waals surface area contributed by atoms with Crippen molar-refractivity contribution in [2.24, 2.45) is 0 Å². The number of carbonyl (C=O) groups is 2. The molecule has 0 atom stereocenters. The van der Waals surface area contributed by atoms with Crippen LogP contribution in [0.2, 0.25) is 0 Å². The zero-order valence-electron chi connectivity index (χ0n) is 10.9. The molecular weight excluding hydrogens is 232 g/mol. The Balaban J connectivity index is 3.36. The molecule has 0 aliphatic carbocycles. The molecule has 4 nitrogen and oxygen atoms in total. The summed E-state index contributed by atoms with van der Waals surface area (Å²) in [7, 11) is 2.75. The summed E-state index contributed by atoms with van der Waals surface area (Å²) in [5.74, 6) is -0.557. The highest BCUT2D eigenvalue weighted by atomic mass is 16.5. The number of esters is 1. The summed E-state index contributed by atoms with van der Waals surface area (Å²) in [5, 5.41) is 0. The van der Waals surface area contributed by atoms with Crippen LogP contribution in [0.4, 0.5) is 0 Å². The van der Waals surface area contributed by atoms with Crippen molar-refractivity contribution in [1.82, 2.24) is 0 Å². The van der Waals surface area contributed by atoms with Gasteiger partial charge in [-0.1, -0.05) is 12.1 Å². The molecule has 0 fully saturated rings. The highest BCUT2D eigenvalue weighted by Gasteiger charge is 2.16. The maximum absolute atomic E-state index is 11.7. The largest absolute Gasteiger partial charge is 0.503 e. The molecule has 18 heavy (non-hydrogen) atoms. The number of hydrogen-bond acceptors (Lipinski definition) is 4. The molecule has 1 aromatic carbocycles. The van der Waals surface area contributed by atoms with Crippen LogP contribution >= 0.6 is 0 Å². The van der Waals surface area contributed by atoms with Gasteiger partial charge in [-0.2, -0.15) is 0 Å². The van der Waals surface area contributed by atoms with Crippen LogP contribution in [0, 0.1) is 6.92 Å². The minimum atomic E-state index is -0.499. The molecule has 0 aromatic heterocycles. The topological polar surface area (TPSA) is 52.6 Å². The van der Waals surface area contributed by atoms with Crippen molar-refractivity contribution in [1.29, 1.82) is 0 Å². The number of hydrogen-bond donors (Lipinski definition) is 0. The number of Topliss-reactive ketones (excluding diaryl/α,β-unsaturated/α-hetero) is 1. The second-order valence-electron chi connectivity index (χ2n) is 3.84. The molecule has 0 amide bonds. The van der Waals surface area contributed by atoms with Crippen LogP contribution in [0.15, 0.2) is 24.5 Å². The van der Waals surface area contributed by atoms with Crippen molar-refractivity contribution in [2.45, 2.75) is 13.8 Å². The van der Waals surface area contributed by atoms with Gasteiger partial charge in [0.15, 0.2) is 5.78 Å². The summed E-state index contributed by atoms with van der Waals surface area (Å²) in [6, 6.07) is 5.18. The number of rotatable bonds is 4. The van der Waals surface area contributed by atoms with Gasteiger partial charge in [0, 0.05) is 5.56 Å². The first-order valence-electron chi connectivity index (χ1n) is 5.44. The predicted molar refractivity (Wildman–Crippen MR) is 68.2 cm³/mol. The average molecular weight is 248 g/mol. The van der Waals surface area contributed by atoms with Crippen molar-refractivity contribution in [3.8, 4) is 0 Å². The number of benzene rings is 1. The van der Waals surface area contributed by atoms with Gasteiger partial charge in [-0.15, -0.1) is 0 Å². The highest BCUT2D eigenvalue weighted by molar-refractivity contribution is 6.17. The van der Waals surface area contributed by atoms with E-state index in [0.717, 1.165) is 5.56 Å². The van der Waals surface area contributed by atoms with E-state index in [4.69, 9.17) is 9.47 Å². The van der Waals surface area contributed by atoms with Gasteiger partial charge in [-0.25, -0.2) is 4.79 Å². The van der Waals surface area contributed by atoms with Crippen LogP contribution in [-0.2, 0) is 14.3 Å². The molecule has 96 valence electrons. The molecule has 4 heteroatoms. The smallest absolute Gasteiger partial charge is 0.341 e. The number of ether oxygens (including phenoxy) is 2. The monoisotopic (exact) mass is 248 g/mol. The highest BCUT2D eigenvalue weighted by Crippen LogP contribution is 2.22. The molecule has 1 rings (SSSR count). The van der Waals surface area contributed by atoms with Crippen LogP contribution in [0.5, 0.6) is 0 Å². The Bertz CT molecular complexity index is 501. The van der Waals surface area contributed by atoms with Gasteiger partial charge in [0.05, 0.1) is 20.5 Å². The van der Waals surface area contributed by atoms with E-state index in [1.54, 1.807) is 18.2 Å². The maximum Gasteiger partial charge on any atom is 0.341 e. The molecule has 0 N–H and O–H groups in total. The van der Waals surface area contributed by atoms with Crippen LogP contribution < -0.4 is 0 Å². The van der Waals surface area contributed by atoms with Gasteiger partial charge in [0.2, 0.25) is 0 Å². The fourth-order valence-electron chi connectivity index (χ4n) is 1.58. The fraction of sp³-hybridized carbons (Fsp3) is 0.286. The van der Waals surface area contributed by atoms with Crippen molar-refractivity contribution in [3.63, 3.8) is 0 Å². The normalized spacial score (nSPS) is 11.0. The summed E-state index contributed by atoms with van der Waals surface area (Å²) < 4.78 is 9.59. The van der Waals surface area contributed by atoms with Crippen LogP contribution in [0.3, 0.4) is 0 Å². The number of ketones is 1. The zero-order chi connectivity index (χ0) is 13.7. The van der Waals surface area contributed by atoms with E-state index in [9.17, 15) is 9.59 Å². The Morgan fingerprint density at radius 3 is 2.39 bits per heavy atom. The molecular formula is C14H16O4. The van der Waals surface area contributed by atoms with E-state index in [2.05, 4.69) is 0 Å². The predicted octanol–water partition coefficient (Wildman–Crippen LogP) is 2.36. The molecule has 0 saturated carbocycles. The molecule has 0 heterocycles. The van der Waals surface area contributed by atoms with Crippen molar-refractivity contribution in [2.75, 3.05) is 14.2 Å². The number of aryl methyl sites for hydroxylation is 1. The molecule has 0 aliphatic heterocycles. The molecule has 0 radical (unpaired) electrons. The lowest BCUT2D eigenvalue weighted by Crippen LogP contribution is -2.07. The molecule has 0 saturated heterocycles. The Hall–Kier alpha value is -2.10. The first-order chi connectivity index (χ1) is 8.51. The minimum absolute atomic E-state index is 0.0575. The molecule has 0 spiro atoms. The van der Waals surface area contributed by atoms with Crippen molar-refractivity contribution in [3.05, 3.63) is 41.2 Å². The Morgan fingerprint density at radius 2 is 1.89 bits per heavy atom. The van der Waals surface area contributed by atoms with Gasteiger partial charge in [-0.3, -0.25) is 4.79 Å². The lowest BCUT2D eigenvalue weighted by atomic mass is 9.97. The standard InChI is InChI=1S/C14H16O4/c1-9-5-6-11(10(2)15)7-12(9)13(8-17-3)14(16)18-4/h5-8H,1-4H3/b13-8+. The lowest BCUT2D eigenvalue weighted by molar-refractivity contribution is -0.133. The molecule has 1 aromatic rings. The third kappa shape index (κ3) is 2.97. The summed E-state index contributed by atoms with van der Waals surface area (Å²) in [5.41, 5.74) is 2.34. The SMILES string of the molecule is CO/C=C(/C(=O)OC)c1cc(C(C)=O)ccc1C. The number of methoxy groups -OCH3 is 2. The van der Waals surface area contributed by atoms with Gasteiger partial charge < -0.3 is 9.47 Å². The van der Waals surface area contributed by atoms with E-state index >= 15 is 0 Å². The Labute approximate surface area is 106 Å². The Morgan fingerprint density at radius 1 is 1.22 bits per heavy atom. The molecule has 0 aliphatic rings. The van der Waals surface area contributed by atoms with Gasteiger partial charge in [0.25, 0.3) is 0 Å². The van der Waals surface area contributed by atoms with Crippen LogP contribution in [0.1, 0.15) is 28.4 Å².